The van der Waals surface area contributed by atoms with E-state index in [-0.39, 0.29) is 11.9 Å². The fourth-order valence-electron chi connectivity index (χ4n) is 3.44. The van der Waals surface area contributed by atoms with E-state index in [4.69, 9.17) is 4.42 Å². The minimum atomic E-state index is -0.0661. The zero-order chi connectivity index (χ0) is 17.2. The molecule has 0 saturated carbocycles. The van der Waals surface area contributed by atoms with Crippen molar-refractivity contribution >= 4 is 5.91 Å². The van der Waals surface area contributed by atoms with Crippen LogP contribution < -0.4 is 0 Å². The van der Waals surface area contributed by atoms with Gasteiger partial charge in [0.05, 0.1) is 12.3 Å². The number of hydrogen-bond acceptors (Lipinski definition) is 4. The van der Waals surface area contributed by atoms with Crippen LogP contribution >= 0.6 is 0 Å². The van der Waals surface area contributed by atoms with Gasteiger partial charge in [0.25, 0.3) is 5.91 Å². The van der Waals surface area contributed by atoms with E-state index in [0.29, 0.717) is 5.76 Å². The van der Waals surface area contributed by atoms with Crippen LogP contribution in [0.4, 0.5) is 0 Å². The fourth-order valence-corrected chi connectivity index (χ4v) is 3.44. The SMILES string of the molecule is Cc1cnc(C2CCCN2C(=O)c2ccco2)n1Cc1ccncc1. The van der Waals surface area contributed by atoms with E-state index in [1.54, 1.807) is 24.5 Å². The lowest BCUT2D eigenvalue weighted by Crippen LogP contribution is -2.32. The van der Waals surface area contributed by atoms with Crippen LogP contribution in [0.3, 0.4) is 0 Å². The number of aryl methyl sites for hydroxylation is 1. The summed E-state index contributed by atoms with van der Waals surface area (Å²) in [6.07, 6.45) is 8.89. The molecule has 0 bridgehead atoms. The molecular weight excluding hydrogens is 316 g/mol. The smallest absolute Gasteiger partial charge is 0.290 e. The molecule has 1 aliphatic heterocycles. The topological polar surface area (TPSA) is 64.2 Å². The molecule has 1 amide bonds. The quantitative estimate of drug-likeness (QED) is 0.734. The zero-order valence-corrected chi connectivity index (χ0v) is 14.1. The summed E-state index contributed by atoms with van der Waals surface area (Å²) in [7, 11) is 0. The second-order valence-corrected chi connectivity index (χ2v) is 6.33. The van der Waals surface area contributed by atoms with Crippen LogP contribution in [0, 0.1) is 6.92 Å². The molecule has 6 nitrogen and oxygen atoms in total. The zero-order valence-electron chi connectivity index (χ0n) is 14.1. The Kier molecular flexibility index (Phi) is 4.09. The van der Waals surface area contributed by atoms with Gasteiger partial charge in [-0.1, -0.05) is 0 Å². The van der Waals surface area contributed by atoms with Crippen molar-refractivity contribution in [2.45, 2.75) is 32.4 Å². The first-order valence-corrected chi connectivity index (χ1v) is 8.49. The molecule has 1 atom stereocenters. The van der Waals surface area contributed by atoms with Gasteiger partial charge in [0.15, 0.2) is 5.76 Å². The first kappa shape index (κ1) is 15.6. The summed E-state index contributed by atoms with van der Waals surface area (Å²) in [4.78, 5) is 23.3. The number of rotatable bonds is 4. The van der Waals surface area contributed by atoms with Gasteiger partial charge in [-0.2, -0.15) is 0 Å². The molecule has 128 valence electrons. The van der Waals surface area contributed by atoms with E-state index in [0.717, 1.165) is 37.4 Å². The summed E-state index contributed by atoms with van der Waals surface area (Å²) in [5.74, 6) is 1.26. The highest BCUT2D eigenvalue weighted by Gasteiger charge is 2.34. The monoisotopic (exact) mass is 336 g/mol. The van der Waals surface area contributed by atoms with Gasteiger partial charge < -0.3 is 13.9 Å². The highest BCUT2D eigenvalue weighted by molar-refractivity contribution is 5.91. The lowest BCUT2D eigenvalue weighted by Gasteiger charge is -2.24. The predicted molar refractivity (Wildman–Crippen MR) is 92.0 cm³/mol. The molecule has 0 N–H and O–H groups in total. The minimum absolute atomic E-state index is 0.0202. The normalized spacial score (nSPS) is 17.2. The lowest BCUT2D eigenvalue weighted by molar-refractivity contribution is 0.0695. The Balaban J connectivity index is 1.64. The second kappa shape index (κ2) is 6.55. The largest absolute Gasteiger partial charge is 0.459 e. The van der Waals surface area contributed by atoms with Crippen LogP contribution in [0.1, 0.15) is 46.5 Å². The standard InChI is InChI=1S/C19H20N4O2/c1-14-12-21-18(23(14)13-15-6-8-20-9-7-15)16-4-2-10-22(16)19(24)17-5-3-11-25-17/h3,5-9,11-12,16H,2,4,10,13H2,1H3. The second-order valence-electron chi connectivity index (χ2n) is 6.33. The van der Waals surface area contributed by atoms with E-state index in [1.807, 2.05) is 30.2 Å². The highest BCUT2D eigenvalue weighted by Crippen LogP contribution is 2.33. The molecule has 3 aromatic rings. The molecule has 0 spiro atoms. The van der Waals surface area contributed by atoms with Gasteiger partial charge in [-0.3, -0.25) is 9.78 Å². The van der Waals surface area contributed by atoms with Crippen molar-refractivity contribution in [2.24, 2.45) is 0 Å². The first-order valence-electron chi connectivity index (χ1n) is 8.49. The summed E-state index contributed by atoms with van der Waals surface area (Å²) >= 11 is 0. The number of aromatic nitrogens is 3. The summed E-state index contributed by atoms with van der Waals surface area (Å²) in [6, 6.07) is 7.44. The van der Waals surface area contributed by atoms with E-state index in [1.165, 1.54) is 11.8 Å². The Morgan fingerprint density at radius 1 is 1.32 bits per heavy atom. The average molecular weight is 336 g/mol. The van der Waals surface area contributed by atoms with Crippen molar-refractivity contribution in [3.05, 3.63) is 72.0 Å². The number of imidazole rings is 1. The van der Waals surface area contributed by atoms with Crippen LogP contribution in [0.15, 0.2) is 53.5 Å². The molecule has 1 unspecified atom stereocenters. The van der Waals surface area contributed by atoms with Crippen LogP contribution in [0.2, 0.25) is 0 Å². The molecule has 0 radical (unpaired) electrons. The molecule has 3 aromatic heterocycles. The molecule has 6 heteroatoms. The van der Waals surface area contributed by atoms with Crippen LogP contribution in [0.25, 0.3) is 0 Å². The van der Waals surface area contributed by atoms with Crippen LogP contribution in [-0.4, -0.2) is 31.9 Å². The number of carbonyl (C=O) groups excluding carboxylic acids is 1. The van der Waals surface area contributed by atoms with Gasteiger partial charge in [-0.25, -0.2) is 4.98 Å². The van der Waals surface area contributed by atoms with Gasteiger partial charge in [0, 0.05) is 37.4 Å². The number of hydrogen-bond donors (Lipinski definition) is 0. The predicted octanol–water partition coefficient (Wildman–Crippen LogP) is 3.21. The maximum absolute atomic E-state index is 12.8. The molecule has 1 aliphatic rings. The first-order chi connectivity index (χ1) is 12.2. The molecule has 25 heavy (non-hydrogen) atoms. The highest BCUT2D eigenvalue weighted by atomic mass is 16.3. The van der Waals surface area contributed by atoms with Crippen molar-refractivity contribution in [3.63, 3.8) is 0 Å². The van der Waals surface area contributed by atoms with Crippen molar-refractivity contribution < 1.29 is 9.21 Å². The van der Waals surface area contributed by atoms with E-state index in [2.05, 4.69) is 14.5 Å². The van der Waals surface area contributed by atoms with Gasteiger partial charge >= 0.3 is 0 Å². The number of amides is 1. The van der Waals surface area contributed by atoms with E-state index >= 15 is 0 Å². The molecule has 1 fully saturated rings. The molecular formula is C19H20N4O2. The Hall–Kier alpha value is -2.89. The average Bonchev–Trinajstić information content (AvgIpc) is 3.37. The molecule has 1 saturated heterocycles. The summed E-state index contributed by atoms with van der Waals surface area (Å²) in [6.45, 7) is 3.50. The number of likely N-dealkylation sites (tertiary alicyclic amines) is 1. The summed E-state index contributed by atoms with van der Waals surface area (Å²) in [5.41, 5.74) is 2.25. The molecule has 4 rings (SSSR count). The van der Waals surface area contributed by atoms with Crippen molar-refractivity contribution in [1.82, 2.24) is 19.4 Å². The van der Waals surface area contributed by atoms with Gasteiger partial charge in [-0.15, -0.1) is 0 Å². The number of furan rings is 1. The molecule has 0 aromatic carbocycles. The molecule has 4 heterocycles. The Labute approximate surface area is 146 Å². The third kappa shape index (κ3) is 2.95. The van der Waals surface area contributed by atoms with Crippen molar-refractivity contribution in [2.75, 3.05) is 6.54 Å². The maximum atomic E-state index is 12.8. The van der Waals surface area contributed by atoms with Crippen molar-refractivity contribution in [3.8, 4) is 0 Å². The van der Waals surface area contributed by atoms with Gasteiger partial charge in [0.1, 0.15) is 5.82 Å². The lowest BCUT2D eigenvalue weighted by atomic mass is 10.2. The number of nitrogens with zero attached hydrogens (tertiary/aromatic N) is 4. The van der Waals surface area contributed by atoms with Gasteiger partial charge in [-0.05, 0) is 49.6 Å². The minimum Gasteiger partial charge on any atom is -0.459 e. The third-order valence-corrected chi connectivity index (χ3v) is 4.72. The number of pyridine rings is 1. The van der Waals surface area contributed by atoms with Crippen molar-refractivity contribution in [1.29, 1.82) is 0 Å². The summed E-state index contributed by atoms with van der Waals surface area (Å²) < 4.78 is 7.49. The summed E-state index contributed by atoms with van der Waals surface area (Å²) in [5, 5.41) is 0. The Morgan fingerprint density at radius 3 is 2.92 bits per heavy atom. The third-order valence-electron chi connectivity index (χ3n) is 4.72. The van der Waals surface area contributed by atoms with Crippen LogP contribution in [0.5, 0.6) is 0 Å². The fraction of sp³-hybridized carbons (Fsp3) is 0.316. The van der Waals surface area contributed by atoms with Crippen LogP contribution in [-0.2, 0) is 6.54 Å². The maximum Gasteiger partial charge on any atom is 0.290 e. The van der Waals surface area contributed by atoms with E-state index < -0.39 is 0 Å². The Bertz CT molecular complexity index is 855. The van der Waals surface area contributed by atoms with E-state index in [9.17, 15) is 4.79 Å². The number of carbonyl (C=O) groups is 1. The molecule has 0 aliphatic carbocycles. The van der Waals surface area contributed by atoms with Gasteiger partial charge in [0.2, 0.25) is 0 Å². The Morgan fingerprint density at radius 2 is 2.16 bits per heavy atom.